The molecular formula is C24H37N5O7. The van der Waals surface area contributed by atoms with Crippen LogP contribution < -0.4 is 14.4 Å². The van der Waals surface area contributed by atoms with Crippen molar-refractivity contribution in [2.45, 2.75) is 45.3 Å². The van der Waals surface area contributed by atoms with Gasteiger partial charge in [0.05, 0.1) is 43.3 Å². The van der Waals surface area contributed by atoms with E-state index in [0.717, 1.165) is 61.3 Å². The summed E-state index contributed by atoms with van der Waals surface area (Å²) in [4.78, 5) is 30.5. The third-order valence-corrected chi connectivity index (χ3v) is 6.84. The van der Waals surface area contributed by atoms with E-state index in [2.05, 4.69) is 25.9 Å². The van der Waals surface area contributed by atoms with E-state index in [1.54, 1.807) is 13.4 Å². The van der Waals surface area contributed by atoms with Crippen LogP contribution in [-0.2, 0) is 22.5 Å². The first-order chi connectivity index (χ1) is 16.1. The molecule has 200 valence electrons. The van der Waals surface area contributed by atoms with Crippen molar-refractivity contribution in [2.75, 3.05) is 44.9 Å². The van der Waals surface area contributed by atoms with Crippen molar-refractivity contribution in [3.8, 4) is 11.8 Å². The Kier molecular flexibility index (Phi) is 10.3. The number of anilines is 1. The molecule has 36 heavy (non-hydrogen) atoms. The second kappa shape index (κ2) is 12.8. The van der Waals surface area contributed by atoms with Gasteiger partial charge >= 0.3 is 0 Å². The van der Waals surface area contributed by atoms with E-state index in [1.807, 2.05) is 18.0 Å². The molecule has 6 N–H and O–H groups in total. The predicted molar refractivity (Wildman–Crippen MR) is 132 cm³/mol. The number of ether oxygens (including phenoxy) is 3. The van der Waals surface area contributed by atoms with E-state index in [0.29, 0.717) is 38.1 Å². The largest absolute Gasteiger partial charge is 0.481 e. The second-order valence-electron chi connectivity index (χ2n) is 8.99. The molecule has 1 amide bonds. The van der Waals surface area contributed by atoms with Crippen LogP contribution in [0.3, 0.4) is 0 Å². The molecule has 2 aromatic heterocycles. The zero-order valence-corrected chi connectivity index (χ0v) is 20.8. The van der Waals surface area contributed by atoms with Gasteiger partial charge in [-0.1, -0.05) is 0 Å². The third-order valence-electron chi connectivity index (χ3n) is 6.84. The fraction of sp³-hybridized carbons (Fsp3) is 0.583. The molecule has 0 spiro atoms. The van der Waals surface area contributed by atoms with Gasteiger partial charge in [0.15, 0.2) is 0 Å². The number of rotatable bonds is 5. The van der Waals surface area contributed by atoms with Crippen molar-refractivity contribution in [1.82, 2.24) is 19.9 Å². The highest BCUT2D eigenvalue weighted by molar-refractivity contribution is 5.79. The topological polar surface area (TPSA) is 184 Å². The summed E-state index contributed by atoms with van der Waals surface area (Å²) in [5.41, 5.74) is 4.10. The van der Waals surface area contributed by atoms with Crippen molar-refractivity contribution < 1.29 is 35.4 Å². The molecule has 3 aliphatic heterocycles. The van der Waals surface area contributed by atoms with Gasteiger partial charge in [0, 0.05) is 50.6 Å². The molecule has 2 aromatic rings. The smallest absolute Gasteiger partial charge is 0.225 e. The van der Waals surface area contributed by atoms with Gasteiger partial charge in [-0.25, -0.2) is 15.0 Å². The normalized spacial score (nSPS) is 19.3. The fourth-order valence-electron chi connectivity index (χ4n) is 4.96. The number of hydrogen-bond donors (Lipinski definition) is 0. The molecule has 1 atom stereocenters. The van der Waals surface area contributed by atoms with Crippen LogP contribution in [0, 0.1) is 12.8 Å². The van der Waals surface area contributed by atoms with Crippen molar-refractivity contribution in [1.29, 1.82) is 0 Å². The number of likely N-dealkylation sites (tertiary alicyclic amines) is 1. The van der Waals surface area contributed by atoms with E-state index >= 15 is 0 Å². The molecule has 12 nitrogen and oxygen atoms in total. The van der Waals surface area contributed by atoms with Crippen LogP contribution in [0.1, 0.15) is 36.1 Å². The number of amides is 1. The number of pyridine rings is 1. The zero-order chi connectivity index (χ0) is 22.8. The van der Waals surface area contributed by atoms with Crippen molar-refractivity contribution >= 4 is 11.6 Å². The number of nitrogens with zero attached hydrogens (tertiary/aromatic N) is 5. The Morgan fingerprint density at radius 2 is 1.83 bits per heavy atom. The quantitative estimate of drug-likeness (QED) is 0.527. The number of aryl methyl sites for hydroxylation is 1. The Morgan fingerprint density at radius 3 is 2.56 bits per heavy atom. The molecule has 2 fully saturated rings. The molecule has 0 saturated carbocycles. The first-order valence-electron chi connectivity index (χ1n) is 11.7. The lowest BCUT2D eigenvalue weighted by atomic mass is 9.99. The number of carbonyl (C=O) groups excluding carboxylic acids is 1. The van der Waals surface area contributed by atoms with Gasteiger partial charge in [-0.15, -0.1) is 0 Å². The van der Waals surface area contributed by atoms with Crippen LogP contribution in [0.2, 0.25) is 0 Å². The molecule has 0 aliphatic carbocycles. The summed E-state index contributed by atoms with van der Waals surface area (Å²) >= 11 is 0. The molecular weight excluding hydrogens is 470 g/mol. The lowest BCUT2D eigenvalue weighted by Crippen LogP contribution is -2.38. The van der Waals surface area contributed by atoms with Gasteiger partial charge in [-0.05, 0) is 25.8 Å². The summed E-state index contributed by atoms with van der Waals surface area (Å²) in [6.07, 6.45) is 6.65. The van der Waals surface area contributed by atoms with Crippen molar-refractivity contribution in [2.24, 2.45) is 5.92 Å². The van der Waals surface area contributed by atoms with E-state index in [9.17, 15) is 4.79 Å². The molecule has 12 heteroatoms. The van der Waals surface area contributed by atoms with Gasteiger partial charge in [0.25, 0.3) is 0 Å². The summed E-state index contributed by atoms with van der Waals surface area (Å²) in [6, 6.07) is 2.10. The lowest BCUT2D eigenvalue weighted by molar-refractivity contribution is -0.137. The van der Waals surface area contributed by atoms with Gasteiger partial charge in [-0.3, -0.25) is 4.79 Å². The molecule has 0 aromatic carbocycles. The molecule has 5 rings (SSSR count). The van der Waals surface area contributed by atoms with E-state index in [1.165, 1.54) is 0 Å². The van der Waals surface area contributed by atoms with Crippen LogP contribution in [-0.4, -0.2) is 88.2 Å². The molecule has 2 saturated heterocycles. The first kappa shape index (κ1) is 29.2. The zero-order valence-electron chi connectivity index (χ0n) is 20.8. The molecule has 3 aliphatic rings. The highest BCUT2D eigenvalue weighted by Gasteiger charge is 2.33. The number of carbonyl (C=O) groups is 1. The number of methoxy groups -OCH3 is 1. The van der Waals surface area contributed by atoms with Gasteiger partial charge in [0.2, 0.25) is 17.7 Å². The summed E-state index contributed by atoms with van der Waals surface area (Å²) < 4.78 is 17.1. The Balaban J connectivity index is 0.00000152. The average molecular weight is 508 g/mol. The number of fused-ring (bicyclic) bond motifs is 1. The minimum Gasteiger partial charge on any atom is -0.481 e. The first-order valence-corrected chi connectivity index (χ1v) is 11.7. The maximum atomic E-state index is 12.9. The van der Waals surface area contributed by atoms with Gasteiger partial charge in [-0.2, -0.15) is 0 Å². The maximum Gasteiger partial charge on any atom is 0.225 e. The fourth-order valence-corrected chi connectivity index (χ4v) is 4.96. The van der Waals surface area contributed by atoms with Crippen molar-refractivity contribution in [3.63, 3.8) is 0 Å². The number of hydrogen-bond acceptors (Lipinski definition) is 8. The summed E-state index contributed by atoms with van der Waals surface area (Å²) in [5, 5.41) is 0. The summed E-state index contributed by atoms with van der Waals surface area (Å²) in [7, 11) is 1.63. The lowest BCUT2D eigenvalue weighted by Gasteiger charge is -2.31. The van der Waals surface area contributed by atoms with Crippen LogP contribution in [0.25, 0.3) is 0 Å². The SMILES string of the molecule is COc1ncc(N2CCc3ncnc(OC4CCN(C(=O)C5CCOCC5)C4)c3C2)cc1C.O.O.O. The van der Waals surface area contributed by atoms with Crippen LogP contribution in [0.15, 0.2) is 18.6 Å². The van der Waals surface area contributed by atoms with Crippen molar-refractivity contribution in [3.05, 3.63) is 35.4 Å². The Hall–Kier alpha value is -3.06. The van der Waals surface area contributed by atoms with Crippen LogP contribution in [0.4, 0.5) is 5.69 Å². The average Bonchev–Trinajstić information content (AvgIpc) is 3.32. The monoisotopic (exact) mass is 507 g/mol. The minimum atomic E-state index is -0.0481. The van der Waals surface area contributed by atoms with E-state index in [-0.39, 0.29) is 34.4 Å². The molecule has 0 radical (unpaired) electrons. The Bertz CT molecular complexity index is 1020. The van der Waals surface area contributed by atoms with E-state index < -0.39 is 0 Å². The van der Waals surface area contributed by atoms with Crippen LogP contribution >= 0.6 is 0 Å². The molecule has 5 heterocycles. The standard InChI is InChI=1S/C24H31N5O4.3H2O/c1-16-11-18(12-25-22(16)31-2)28-8-4-21-20(14-28)23(27-15-26-21)33-19-3-7-29(13-19)24(30)17-5-9-32-10-6-17;;;/h11-12,15,17,19H,3-10,13-14H2,1-2H3;3*1H2. The van der Waals surface area contributed by atoms with Crippen LogP contribution in [0.5, 0.6) is 11.8 Å². The highest BCUT2D eigenvalue weighted by atomic mass is 16.5. The third kappa shape index (κ3) is 6.01. The van der Waals surface area contributed by atoms with Gasteiger partial charge in [0.1, 0.15) is 12.4 Å². The van der Waals surface area contributed by atoms with Gasteiger partial charge < -0.3 is 40.4 Å². The highest BCUT2D eigenvalue weighted by Crippen LogP contribution is 2.31. The maximum absolute atomic E-state index is 12.9. The molecule has 0 bridgehead atoms. The summed E-state index contributed by atoms with van der Waals surface area (Å²) in [6.45, 7) is 6.22. The predicted octanol–water partition coefficient (Wildman–Crippen LogP) is -0.316. The Labute approximate surface area is 210 Å². The minimum absolute atomic E-state index is 0. The summed E-state index contributed by atoms with van der Waals surface area (Å²) in [5.74, 6) is 1.60. The van der Waals surface area contributed by atoms with E-state index in [4.69, 9.17) is 14.2 Å². The Morgan fingerprint density at radius 1 is 1.06 bits per heavy atom. The molecule has 1 unspecified atom stereocenters. The number of aromatic nitrogens is 3. The second-order valence-corrected chi connectivity index (χ2v) is 8.99.